The van der Waals surface area contributed by atoms with Crippen molar-refractivity contribution in [2.24, 2.45) is 0 Å². The van der Waals surface area contributed by atoms with Crippen LogP contribution in [-0.2, 0) is 11.3 Å². The minimum absolute atomic E-state index is 0.0280. The summed E-state index contributed by atoms with van der Waals surface area (Å²) in [4.78, 5) is 25.0. The Labute approximate surface area is 160 Å². The number of quaternary nitrogens is 1. The second kappa shape index (κ2) is 7.36. The monoisotopic (exact) mass is 381 g/mol. The molecule has 0 aliphatic carbocycles. The minimum Gasteiger partial charge on any atom is -0.872 e. The molecule has 1 aliphatic rings. The van der Waals surface area contributed by atoms with Gasteiger partial charge in [0, 0.05) is 18.4 Å². The van der Waals surface area contributed by atoms with Gasteiger partial charge in [0.05, 0.1) is 11.9 Å². The number of carboxylic acids is 1. The molecule has 0 radical (unpaired) electrons. The van der Waals surface area contributed by atoms with Gasteiger partial charge in [-0.3, -0.25) is 4.79 Å². The lowest BCUT2D eigenvalue weighted by molar-refractivity contribution is -0.917. The lowest BCUT2D eigenvalue weighted by atomic mass is 10.1. The van der Waals surface area contributed by atoms with E-state index in [1.807, 2.05) is 6.07 Å². The average Bonchev–Trinajstić information content (AvgIpc) is 3.16. The van der Waals surface area contributed by atoms with E-state index in [4.69, 9.17) is 9.15 Å². The smallest absolute Gasteiger partial charge is 0.362 e. The van der Waals surface area contributed by atoms with Crippen molar-refractivity contribution in [3.8, 4) is 17.2 Å². The summed E-state index contributed by atoms with van der Waals surface area (Å²) < 4.78 is 11.2. The topological polar surface area (TPSA) is 104 Å². The predicted octanol–water partition coefficient (Wildman–Crippen LogP) is 1.29. The molecule has 1 aromatic heterocycles. The molecule has 2 heterocycles. The third-order valence-electron chi connectivity index (χ3n) is 5.13. The largest absolute Gasteiger partial charge is 0.872 e. The molecular weight excluding hydrogens is 362 g/mol. The summed E-state index contributed by atoms with van der Waals surface area (Å²) in [6, 6.07) is 11.1. The lowest BCUT2D eigenvalue weighted by Crippen LogP contribution is -3.13. The summed E-state index contributed by atoms with van der Waals surface area (Å²) >= 11 is 0. The summed E-state index contributed by atoms with van der Waals surface area (Å²) in [5, 5.41) is 22.1. The maximum absolute atomic E-state index is 12.8. The molecule has 2 atom stereocenters. The van der Waals surface area contributed by atoms with E-state index in [0.717, 1.165) is 11.3 Å². The first-order valence-corrected chi connectivity index (χ1v) is 9.09. The van der Waals surface area contributed by atoms with Crippen molar-refractivity contribution in [2.45, 2.75) is 25.4 Å². The molecule has 144 valence electrons. The second-order valence-electron chi connectivity index (χ2n) is 6.88. The van der Waals surface area contributed by atoms with E-state index in [-0.39, 0.29) is 34.4 Å². The molecule has 1 aliphatic heterocycles. The molecule has 0 amide bonds. The highest BCUT2D eigenvalue weighted by atomic mass is 16.5. The molecule has 1 fully saturated rings. The second-order valence-corrected chi connectivity index (χ2v) is 6.88. The van der Waals surface area contributed by atoms with Crippen LogP contribution in [0.3, 0.4) is 0 Å². The van der Waals surface area contributed by atoms with Crippen molar-refractivity contribution in [3.63, 3.8) is 0 Å². The van der Waals surface area contributed by atoms with Crippen LogP contribution in [0, 0.1) is 0 Å². The summed E-state index contributed by atoms with van der Waals surface area (Å²) in [5.74, 6) is -0.614. The van der Waals surface area contributed by atoms with Crippen LogP contribution in [0.2, 0.25) is 0 Å². The summed E-state index contributed by atoms with van der Waals surface area (Å²) in [5.41, 5.74) is 0.142. The molecule has 0 bridgehead atoms. The third-order valence-corrected chi connectivity index (χ3v) is 5.13. The number of para-hydroxylation sites is 1. The molecule has 28 heavy (non-hydrogen) atoms. The Morgan fingerprint density at radius 3 is 2.79 bits per heavy atom. The Morgan fingerprint density at radius 2 is 2.04 bits per heavy atom. The molecule has 2 N–H and O–H groups in total. The fraction of sp³-hybridized carbons (Fsp3) is 0.238. The first kappa shape index (κ1) is 18.1. The zero-order valence-corrected chi connectivity index (χ0v) is 15.0. The highest BCUT2D eigenvalue weighted by Crippen LogP contribution is 2.27. The van der Waals surface area contributed by atoms with E-state index in [0.29, 0.717) is 24.3 Å². The molecule has 3 aromatic rings. The van der Waals surface area contributed by atoms with Crippen LogP contribution in [0.25, 0.3) is 11.0 Å². The van der Waals surface area contributed by atoms with Gasteiger partial charge in [-0.1, -0.05) is 30.0 Å². The van der Waals surface area contributed by atoms with E-state index in [1.165, 1.54) is 18.4 Å². The quantitative estimate of drug-likeness (QED) is 0.690. The summed E-state index contributed by atoms with van der Waals surface area (Å²) in [6.45, 7) is 0.862. The molecule has 2 aromatic carbocycles. The molecule has 7 nitrogen and oxygen atoms in total. The van der Waals surface area contributed by atoms with Gasteiger partial charge in [0.15, 0.2) is 6.04 Å². The minimum atomic E-state index is -0.875. The number of carboxylic acid groups (broad SMARTS) is 1. The lowest BCUT2D eigenvalue weighted by Gasteiger charge is -2.22. The SMILES string of the molecule is O=C(O)C1CCC[NH+]1Cc1c([O-])ccc2c(=O)c(Oc3ccccc3)coc12. The van der Waals surface area contributed by atoms with Crippen molar-refractivity contribution < 1.29 is 29.1 Å². The van der Waals surface area contributed by atoms with Crippen LogP contribution < -0.4 is 20.2 Å². The van der Waals surface area contributed by atoms with Crippen molar-refractivity contribution >= 4 is 16.9 Å². The Kier molecular flexibility index (Phi) is 4.75. The first-order chi connectivity index (χ1) is 13.5. The van der Waals surface area contributed by atoms with Crippen LogP contribution in [0.1, 0.15) is 18.4 Å². The van der Waals surface area contributed by atoms with Crippen molar-refractivity contribution in [2.75, 3.05) is 6.54 Å². The van der Waals surface area contributed by atoms with Crippen LogP contribution in [0.5, 0.6) is 17.2 Å². The number of carbonyl (C=O) groups is 1. The van der Waals surface area contributed by atoms with Crippen LogP contribution in [0.15, 0.2) is 57.9 Å². The molecule has 2 unspecified atom stereocenters. The molecule has 1 saturated heterocycles. The van der Waals surface area contributed by atoms with Crippen molar-refractivity contribution in [1.29, 1.82) is 0 Å². The van der Waals surface area contributed by atoms with Gasteiger partial charge in [0.1, 0.15) is 24.1 Å². The van der Waals surface area contributed by atoms with E-state index in [9.17, 15) is 19.8 Å². The molecule has 0 spiro atoms. The van der Waals surface area contributed by atoms with Gasteiger partial charge in [0.25, 0.3) is 0 Å². The molecule has 0 saturated carbocycles. The number of aliphatic carboxylic acids is 1. The van der Waals surface area contributed by atoms with Gasteiger partial charge >= 0.3 is 5.97 Å². The fourth-order valence-corrected chi connectivity index (χ4v) is 3.72. The van der Waals surface area contributed by atoms with Crippen LogP contribution in [-0.4, -0.2) is 23.7 Å². The number of nitrogens with one attached hydrogen (secondary N) is 1. The van der Waals surface area contributed by atoms with Gasteiger partial charge in [0.2, 0.25) is 11.2 Å². The summed E-state index contributed by atoms with van der Waals surface area (Å²) in [6.07, 6.45) is 2.56. The van der Waals surface area contributed by atoms with Crippen LogP contribution in [0.4, 0.5) is 0 Å². The standard InChI is InChI=1S/C21H19NO6/c23-17-9-8-14-19(24)18(28-13-5-2-1-3-6-13)12-27-20(14)15(17)11-22-10-4-7-16(22)21(25)26/h1-3,5-6,8-9,12,16,23H,4,7,10-11H2,(H,25,26). The van der Waals surface area contributed by atoms with E-state index >= 15 is 0 Å². The number of fused-ring (bicyclic) bond motifs is 1. The highest BCUT2D eigenvalue weighted by Gasteiger charge is 2.35. The number of rotatable bonds is 5. The predicted molar refractivity (Wildman–Crippen MR) is 98.6 cm³/mol. The number of benzene rings is 2. The maximum Gasteiger partial charge on any atom is 0.362 e. The van der Waals surface area contributed by atoms with Gasteiger partial charge in [-0.15, -0.1) is 0 Å². The van der Waals surface area contributed by atoms with Gasteiger partial charge < -0.3 is 24.3 Å². The number of likely N-dealkylation sites (tertiary alicyclic amines) is 1. The van der Waals surface area contributed by atoms with Crippen molar-refractivity contribution in [1.82, 2.24) is 0 Å². The van der Waals surface area contributed by atoms with Crippen LogP contribution >= 0.6 is 0 Å². The Balaban J connectivity index is 1.72. The fourth-order valence-electron chi connectivity index (χ4n) is 3.72. The number of hydrogen-bond acceptors (Lipinski definition) is 5. The van der Waals surface area contributed by atoms with Crippen molar-refractivity contribution in [3.05, 3.63) is 64.5 Å². The summed E-state index contributed by atoms with van der Waals surface area (Å²) in [7, 11) is 0. The zero-order valence-electron chi connectivity index (χ0n) is 15.0. The maximum atomic E-state index is 12.8. The number of hydrogen-bond donors (Lipinski definition) is 2. The van der Waals surface area contributed by atoms with E-state index in [1.54, 1.807) is 24.3 Å². The Bertz CT molecular complexity index is 1080. The zero-order chi connectivity index (χ0) is 19.7. The molecule has 7 heteroatoms. The number of ether oxygens (including phenoxy) is 1. The van der Waals surface area contributed by atoms with Gasteiger partial charge in [-0.2, -0.15) is 0 Å². The Hall–Kier alpha value is -3.32. The average molecular weight is 381 g/mol. The van der Waals surface area contributed by atoms with E-state index in [2.05, 4.69) is 0 Å². The van der Waals surface area contributed by atoms with Gasteiger partial charge in [-0.25, -0.2) is 4.79 Å². The molecular formula is C21H19NO6. The Morgan fingerprint density at radius 1 is 1.25 bits per heavy atom. The highest BCUT2D eigenvalue weighted by molar-refractivity contribution is 5.82. The first-order valence-electron chi connectivity index (χ1n) is 9.09. The third kappa shape index (κ3) is 3.32. The normalized spacial score (nSPS) is 19.0. The van der Waals surface area contributed by atoms with E-state index < -0.39 is 12.0 Å². The molecule has 4 rings (SSSR count). The van der Waals surface area contributed by atoms with Gasteiger partial charge in [-0.05, 0) is 18.2 Å².